The van der Waals surface area contributed by atoms with Gasteiger partial charge in [-0.15, -0.1) is 0 Å². The fourth-order valence-electron chi connectivity index (χ4n) is 1.23. The minimum atomic E-state index is -0.985. The largest absolute Gasteiger partial charge is 0.480 e. The number of esters is 1. The lowest BCUT2D eigenvalue weighted by molar-refractivity contribution is -0.147. The summed E-state index contributed by atoms with van der Waals surface area (Å²) in [6, 6.07) is -0.784. The highest BCUT2D eigenvalue weighted by Gasteiger charge is 2.38. The zero-order valence-corrected chi connectivity index (χ0v) is 11.9. The Morgan fingerprint density at radius 2 is 2.06 bits per heavy atom. The first-order chi connectivity index (χ1) is 7.37. The summed E-state index contributed by atoms with van der Waals surface area (Å²) in [4.78, 5) is 22.5. The van der Waals surface area contributed by atoms with Crippen LogP contribution in [0.2, 0.25) is 0 Å². The summed E-state index contributed by atoms with van der Waals surface area (Å²) in [5, 5.41) is 11.6. The van der Waals surface area contributed by atoms with E-state index in [0.717, 1.165) is 6.42 Å². The monoisotopic (exact) mass is 343 g/mol. The average Bonchev–Trinajstić information content (AvgIpc) is 2.18. The molecule has 0 bridgehead atoms. The summed E-state index contributed by atoms with van der Waals surface area (Å²) in [6.07, 6.45) is 1.30. The van der Waals surface area contributed by atoms with Crippen LogP contribution in [-0.2, 0) is 14.3 Å². The Bertz CT molecular complexity index is 259. The number of hydrogen-bond acceptors (Lipinski definition) is 4. The summed E-state index contributed by atoms with van der Waals surface area (Å²) in [5.74, 6) is -1.40. The van der Waals surface area contributed by atoms with Crippen molar-refractivity contribution in [3.8, 4) is 0 Å². The second-order valence-corrected chi connectivity index (χ2v) is 5.32. The molecule has 0 radical (unpaired) electrons. The van der Waals surface area contributed by atoms with Gasteiger partial charge < -0.3 is 9.84 Å². The first-order valence-electron chi connectivity index (χ1n) is 5.24. The molecular formula is C10H18INO4. The molecule has 0 amide bonds. The quantitative estimate of drug-likeness (QED) is 0.317. The molecule has 0 aromatic heterocycles. The van der Waals surface area contributed by atoms with Gasteiger partial charge in [0.15, 0.2) is 3.55 Å². The van der Waals surface area contributed by atoms with Crippen molar-refractivity contribution < 1.29 is 19.4 Å². The Kier molecular flexibility index (Phi) is 6.89. The maximum atomic E-state index is 11.7. The maximum Gasteiger partial charge on any atom is 0.336 e. The van der Waals surface area contributed by atoms with E-state index in [2.05, 4.69) is 5.32 Å². The highest BCUT2D eigenvalue weighted by molar-refractivity contribution is 14.1. The highest BCUT2D eigenvalue weighted by Crippen LogP contribution is 2.24. The molecule has 0 fully saturated rings. The summed E-state index contributed by atoms with van der Waals surface area (Å²) in [6.45, 7) is 5.45. The first-order valence-corrected chi connectivity index (χ1v) is 6.31. The molecule has 0 aromatic rings. The maximum absolute atomic E-state index is 11.7. The van der Waals surface area contributed by atoms with Crippen LogP contribution in [0.4, 0.5) is 0 Å². The number of hydrogen-bond donors (Lipinski definition) is 2. The molecule has 2 atom stereocenters. The molecule has 0 saturated heterocycles. The van der Waals surface area contributed by atoms with Gasteiger partial charge >= 0.3 is 11.9 Å². The first kappa shape index (κ1) is 15.6. The van der Waals surface area contributed by atoms with Crippen LogP contribution in [0.5, 0.6) is 0 Å². The molecule has 16 heavy (non-hydrogen) atoms. The number of aliphatic carboxylic acids is 1. The van der Waals surface area contributed by atoms with E-state index in [1.807, 2.05) is 29.5 Å². The second kappa shape index (κ2) is 7.05. The van der Waals surface area contributed by atoms with Crippen molar-refractivity contribution in [3.63, 3.8) is 0 Å². The lowest BCUT2D eigenvalue weighted by Crippen LogP contribution is -2.53. The Labute approximate surface area is 109 Å². The average molecular weight is 343 g/mol. The van der Waals surface area contributed by atoms with Crippen LogP contribution in [0.3, 0.4) is 0 Å². The number of nitrogens with one attached hydrogen (secondary N) is 1. The van der Waals surface area contributed by atoms with Crippen molar-refractivity contribution in [2.75, 3.05) is 6.61 Å². The molecule has 0 heterocycles. The second-order valence-electron chi connectivity index (χ2n) is 3.48. The van der Waals surface area contributed by atoms with Gasteiger partial charge in [-0.05, 0) is 42.9 Å². The molecule has 94 valence electrons. The van der Waals surface area contributed by atoms with Crippen LogP contribution in [0.25, 0.3) is 0 Å². The molecule has 0 rings (SSSR count). The number of carbonyl (C=O) groups excluding carboxylic acids is 1. The predicted molar refractivity (Wildman–Crippen MR) is 68.5 cm³/mol. The van der Waals surface area contributed by atoms with E-state index >= 15 is 0 Å². The lowest BCUT2D eigenvalue weighted by atomic mass is 10.1. The Balaban J connectivity index is 4.67. The van der Waals surface area contributed by atoms with Crippen LogP contribution in [0, 0.1) is 0 Å². The smallest absolute Gasteiger partial charge is 0.336 e. The van der Waals surface area contributed by atoms with Gasteiger partial charge in [0.2, 0.25) is 0 Å². The zero-order chi connectivity index (χ0) is 12.8. The number of carbonyl (C=O) groups is 2. The van der Waals surface area contributed by atoms with Crippen molar-refractivity contribution in [3.05, 3.63) is 0 Å². The molecule has 0 aromatic carbocycles. The number of alkyl halides is 1. The molecule has 0 aliphatic rings. The van der Waals surface area contributed by atoms with E-state index < -0.39 is 21.5 Å². The normalized spacial score (nSPS) is 16.2. The molecule has 0 spiro atoms. The van der Waals surface area contributed by atoms with E-state index in [1.165, 1.54) is 6.92 Å². The van der Waals surface area contributed by atoms with Gasteiger partial charge in [-0.3, -0.25) is 10.1 Å². The highest BCUT2D eigenvalue weighted by atomic mass is 127. The number of carboxylic acids is 1. The molecule has 2 N–H and O–H groups in total. The van der Waals surface area contributed by atoms with Gasteiger partial charge in [0, 0.05) is 0 Å². The van der Waals surface area contributed by atoms with E-state index in [1.54, 1.807) is 6.92 Å². The third kappa shape index (κ3) is 4.65. The van der Waals surface area contributed by atoms with Crippen molar-refractivity contribution >= 4 is 34.5 Å². The SMILES string of the molecule is CCC[C@@](I)(NC(C)C(=O)O)C(=O)OCC. The molecule has 5 nitrogen and oxygen atoms in total. The zero-order valence-electron chi connectivity index (χ0n) is 9.75. The van der Waals surface area contributed by atoms with Gasteiger partial charge in [0.05, 0.1) is 6.61 Å². The molecule has 6 heteroatoms. The third-order valence-corrected chi connectivity index (χ3v) is 3.30. The molecule has 0 aliphatic heterocycles. The Morgan fingerprint density at radius 1 is 1.50 bits per heavy atom. The van der Waals surface area contributed by atoms with E-state index in [9.17, 15) is 9.59 Å². The fourth-order valence-corrected chi connectivity index (χ4v) is 2.39. The summed E-state index contributed by atoms with van der Waals surface area (Å²) in [7, 11) is 0. The topological polar surface area (TPSA) is 75.6 Å². The van der Waals surface area contributed by atoms with Crippen LogP contribution in [-0.4, -0.2) is 33.2 Å². The lowest BCUT2D eigenvalue weighted by Gasteiger charge is -2.28. The van der Waals surface area contributed by atoms with Gasteiger partial charge in [0.1, 0.15) is 6.04 Å². The number of carboxylic acid groups (broad SMARTS) is 1. The number of ether oxygens (including phenoxy) is 1. The Morgan fingerprint density at radius 3 is 2.44 bits per heavy atom. The molecule has 0 aliphatic carbocycles. The van der Waals surface area contributed by atoms with Crippen molar-refractivity contribution in [2.24, 2.45) is 0 Å². The molecule has 1 unspecified atom stereocenters. The summed E-state index contributed by atoms with van der Waals surface area (Å²) >= 11 is 1.92. The number of halogens is 1. The fraction of sp³-hybridized carbons (Fsp3) is 0.800. The predicted octanol–water partition coefficient (Wildman–Crippen LogP) is 1.54. The third-order valence-electron chi connectivity index (χ3n) is 2.01. The number of rotatable bonds is 7. The van der Waals surface area contributed by atoms with Gasteiger partial charge in [-0.2, -0.15) is 0 Å². The van der Waals surface area contributed by atoms with Crippen molar-refractivity contribution in [2.45, 2.75) is 43.2 Å². The van der Waals surface area contributed by atoms with Crippen molar-refractivity contribution in [1.29, 1.82) is 0 Å². The summed E-state index contributed by atoms with van der Waals surface area (Å²) < 4.78 is 3.98. The van der Waals surface area contributed by atoms with Crippen molar-refractivity contribution in [1.82, 2.24) is 5.32 Å². The van der Waals surface area contributed by atoms with Crippen LogP contribution in [0.1, 0.15) is 33.6 Å². The minimum Gasteiger partial charge on any atom is -0.480 e. The van der Waals surface area contributed by atoms with Gasteiger partial charge in [-0.25, -0.2) is 4.79 Å². The van der Waals surface area contributed by atoms with Gasteiger partial charge in [0.25, 0.3) is 0 Å². The van der Waals surface area contributed by atoms with E-state index in [0.29, 0.717) is 6.42 Å². The molecular weight excluding hydrogens is 325 g/mol. The van der Waals surface area contributed by atoms with Crippen LogP contribution >= 0.6 is 22.6 Å². The minimum absolute atomic E-state index is 0.288. The van der Waals surface area contributed by atoms with Crippen LogP contribution in [0.15, 0.2) is 0 Å². The van der Waals surface area contributed by atoms with Crippen LogP contribution < -0.4 is 5.32 Å². The van der Waals surface area contributed by atoms with Gasteiger partial charge in [-0.1, -0.05) is 13.3 Å². The Hall–Kier alpha value is -0.370. The van der Waals surface area contributed by atoms with E-state index in [-0.39, 0.29) is 6.61 Å². The van der Waals surface area contributed by atoms with E-state index in [4.69, 9.17) is 9.84 Å². The molecule has 0 saturated carbocycles. The standard InChI is InChI=1S/C10H18INO4/c1-4-6-10(11,9(15)16-5-2)12-7(3)8(13)14/h7,12H,4-6H2,1-3H3,(H,13,14)/t7?,10-/m1/s1. The summed E-state index contributed by atoms with van der Waals surface area (Å²) in [5.41, 5.74) is 0.